The Hall–Kier alpha value is -3.15. The number of amides is 3. The SMILES string of the molecule is CCC(NC(=O)CN1C(=O)c2ccccc2C1=O)c1ccc(OC)cc1. The fourth-order valence-electron chi connectivity index (χ4n) is 3.02. The molecule has 0 saturated heterocycles. The maximum atomic E-state index is 12.4. The lowest BCUT2D eigenvalue weighted by atomic mass is 10.0. The van der Waals surface area contributed by atoms with Gasteiger partial charge in [0.2, 0.25) is 5.91 Å². The van der Waals surface area contributed by atoms with Gasteiger partial charge in [0.25, 0.3) is 11.8 Å². The highest BCUT2D eigenvalue weighted by Crippen LogP contribution is 2.23. The zero-order valence-corrected chi connectivity index (χ0v) is 14.7. The molecule has 134 valence electrons. The van der Waals surface area contributed by atoms with Crippen molar-refractivity contribution in [2.45, 2.75) is 19.4 Å². The van der Waals surface area contributed by atoms with Gasteiger partial charge < -0.3 is 10.1 Å². The lowest BCUT2D eigenvalue weighted by Crippen LogP contribution is -2.41. The van der Waals surface area contributed by atoms with E-state index in [0.717, 1.165) is 16.2 Å². The van der Waals surface area contributed by atoms with Crippen LogP contribution in [0.1, 0.15) is 45.7 Å². The number of hydrogen-bond donors (Lipinski definition) is 1. The minimum absolute atomic E-state index is 0.205. The molecule has 1 heterocycles. The third kappa shape index (κ3) is 3.31. The van der Waals surface area contributed by atoms with E-state index in [2.05, 4.69) is 5.32 Å². The molecule has 1 atom stereocenters. The highest BCUT2D eigenvalue weighted by Gasteiger charge is 2.36. The van der Waals surface area contributed by atoms with Gasteiger partial charge in [-0.25, -0.2) is 0 Å². The summed E-state index contributed by atoms with van der Waals surface area (Å²) in [6, 6.07) is 13.8. The molecule has 2 aromatic rings. The Kier molecular flexibility index (Phi) is 5.02. The molecule has 1 unspecified atom stereocenters. The van der Waals surface area contributed by atoms with Crippen LogP contribution in [-0.4, -0.2) is 36.3 Å². The van der Waals surface area contributed by atoms with E-state index in [4.69, 9.17) is 4.74 Å². The standard InChI is InChI=1S/C20H20N2O4/c1-3-17(13-8-10-14(26-2)11-9-13)21-18(23)12-22-19(24)15-6-4-5-7-16(15)20(22)25/h4-11,17H,3,12H2,1-2H3,(H,21,23). The molecular formula is C20H20N2O4. The molecule has 1 aliphatic rings. The topological polar surface area (TPSA) is 75.7 Å². The molecular weight excluding hydrogens is 332 g/mol. The smallest absolute Gasteiger partial charge is 0.262 e. The zero-order valence-electron chi connectivity index (χ0n) is 14.7. The van der Waals surface area contributed by atoms with Gasteiger partial charge in [-0.05, 0) is 36.2 Å². The van der Waals surface area contributed by atoms with Gasteiger partial charge in [0.05, 0.1) is 24.3 Å². The molecule has 0 aliphatic carbocycles. The van der Waals surface area contributed by atoms with Crippen LogP contribution in [0.2, 0.25) is 0 Å². The number of benzene rings is 2. The first kappa shape index (κ1) is 17.7. The second-order valence-electron chi connectivity index (χ2n) is 6.04. The van der Waals surface area contributed by atoms with Gasteiger partial charge >= 0.3 is 0 Å². The average molecular weight is 352 g/mol. The van der Waals surface area contributed by atoms with E-state index in [0.29, 0.717) is 17.5 Å². The van der Waals surface area contributed by atoms with Crippen molar-refractivity contribution >= 4 is 17.7 Å². The van der Waals surface area contributed by atoms with E-state index in [9.17, 15) is 14.4 Å². The second kappa shape index (κ2) is 7.39. The number of rotatable bonds is 6. The van der Waals surface area contributed by atoms with Crippen LogP contribution in [0.3, 0.4) is 0 Å². The first-order chi connectivity index (χ1) is 12.5. The van der Waals surface area contributed by atoms with Crippen LogP contribution in [-0.2, 0) is 4.79 Å². The molecule has 0 aromatic heterocycles. The maximum absolute atomic E-state index is 12.4. The Bertz CT molecular complexity index is 810. The zero-order chi connectivity index (χ0) is 18.7. The summed E-state index contributed by atoms with van der Waals surface area (Å²) in [5.74, 6) is -0.500. The molecule has 0 bridgehead atoms. The fraction of sp³-hybridized carbons (Fsp3) is 0.250. The number of hydrogen-bond acceptors (Lipinski definition) is 4. The Balaban J connectivity index is 1.68. The first-order valence-corrected chi connectivity index (χ1v) is 8.43. The summed E-state index contributed by atoms with van der Waals surface area (Å²) in [6.45, 7) is 1.66. The summed E-state index contributed by atoms with van der Waals surface area (Å²) in [6.07, 6.45) is 0.681. The predicted molar refractivity (Wildman–Crippen MR) is 96.0 cm³/mol. The number of carbonyl (C=O) groups is 3. The number of nitrogens with one attached hydrogen (secondary N) is 1. The molecule has 0 radical (unpaired) electrons. The lowest BCUT2D eigenvalue weighted by Gasteiger charge is -2.20. The minimum Gasteiger partial charge on any atom is -0.497 e. The average Bonchev–Trinajstić information content (AvgIpc) is 2.91. The van der Waals surface area contributed by atoms with Crippen molar-refractivity contribution in [3.05, 3.63) is 65.2 Å². The van der Waals surface area contributed by atoms with Crippen molar-refractivity contribution in [2.24, 2.45) is 0 Å². The molecule has 0 saturated carbocycles. The number of nitrogens with zero attached hydrogens (tertiary/aromatic N) is 1. The molecule has 2 aromatic carbocycles. The largest absolute Gasteiger partial charge is 0.497 e. The van der Waals surface area contributed by atoms with Crippen molar-refractivity contribution in [2.75, 3.05) is 13.7 Å². The number of imide groups is 1. The third-order valence-electron chi connectivity index (χ3n) is 4.44. The number of carbonyl (C=O) groups excluding carboxylic acids is 3. The van der Waals surface area contributed by atoms with E-state index in [-0.39, 0.29) is 18.5 Å². The number of methoxy groups -OCH3 is 1. The highest BCUT2D eigenvalue weighted by atomic mass is 16.5. The second-order valence-corrected chi connectivity index (χ2v) is 6.04. The summed E-state index contributed by atoms with van der Waals surface area (Å²) < 4.78 is 5.14. The summed E-state index contributed by atoms with van der Waals surface area (Å²) in [5, 5.41) is 2.89. The van der Waals surface area contributed by atoms with Gasteiger partial charge in [0.15, 0.2) is 0 Å². The maximum Gasteiger partial charge on any atom is 0.262 e. The van der Waals surface area contributed by atoms with Crippen LogP contribution in [0, 0.1) is 0 Å². The number of fused-ring (bicyclic) bond motifs is 1. The van der Waals surface area contributed by atoms with Crippen molar-refractivity contribution in [3.63, 3.8) is 0 Å². The fourth-order valence-corrected chi connectivity index (χ4v) is 3.02. The molecule has 3 amide bonds. The molecule has 0 fully saturated rings. The van der Waals surface area contributed by atoms with Gasteiger partial charge in [-0.3, -0.25) is 19.3 Å². The van der Waals surface area contributed by atoms with E-state index < -0.39 is 11.8 Å². The van der Waals surface area contributed by atoms with Gasteiger partial charge in [-0.2, -0.15) is 0 Å². The monoisotopic (exact) mass is 352 g/mol. The van der Waals surface area contributed by atoms with Gasteiger partial charge in [0, 0.05) is 0 Å². The Morgan fingerprint density at radius 3 is 2.12 bits per heavy atom. The lowest BCUT2D eigenvalue weighted by molar-refractivity contribution is -0.122. The molecule has 6 nitrogen and oxygen atoms in total. The van der Waals surface area contributed by atoms with Crippen LogP contribution < -0.4 is 10.1 Å². The summed E-state index contributed by atoms with van der Waals surface area (Å²) >= 11 is 0. The van der Waals surface area contributed by atoms with Crippen LogP contribution in [0.25, 0.3) is 0 Å². The van der Waals surface area contributed by atoms with E-state index in [1.165, 1.54) is 0 Å². The Morgan fingerprint density at radius 1 is 1.04 bits per heavy atom. The Morgan fingerprint density at radius 2 is 1.62 bits per heavy atom. The van der Waals surface area contributed by atoms with Crippen molar-refractivity contribution < 1.29 is 19.1 Å². The first-order valence-electron chi connectivity index (χ1n) is 8.43. The summed E-state index contributed by atoms with van der Waals surface area (Å²) in [7, 11) is 1.59. The Labute approximate surface area is 151 Å². The third-order valence-corrected chi connectivity index (χ3v) is 4.44. The quantitative estimate of drug-likeness (QED) is 0.811. The molecule has 1 aliphatic heterocycles. The normalized spacial score (nSPS) is 14.2. The van der Waals surface area contributed by atoms with Crippen molar-refractivity contribution in [1.29, 1.82) is 0 Å². The van der Waals surface area contributed by atoms with E-state index >= 15 is 0 Å². The van der Waals surface area contributed by atoms with Crippen LogP contribution in [0.15, 0.2) is 48.5 Å². The number of ether oxygens (including phenoxy) is 1. The highest BCUT2D eigenvalue weighted by molar-refractivity contribution is 6.22. The van der Waals surface area contributed by atoms with E-state index in [1.54, 1.807) is 31.4 Å². The minimum atomic E-state index is -0.432. The van der Waals surface area contributed by atoms with Gasteiger partial charge in [-0.1, -0.05) is 31.2 Å². The molecule has 3 rings (SSSR count). The van der Waals surface area contributed by atoms with Crippen molar-refractivity contribution in [1.82, 2.24) is 10.2 Å². The van der Waals surface area contributed by atoms with Crippen molar-refractivity contribution in [3.8, 4) is 5.75 Å². The van der Waals surface area contributed by atoms with E-state index in [1.807, 2.05) is 31.2 Å². The van der Waals surface area contributed by atoms with Crippen LogP contribution >= 0.6 is 0 Å². The van der Waals surface area contributed by atoms with Gasteiger partial charge in [-0.15, -0.1) is 0 Å². The van der Waals surface area contributed by atoms with Crippen LogP contribution in [0.4, 0.5) is 0 Å². The molecule has 1 N–H and O–H groups in total. The summed E-state index contributed by atoms with van der Waals surface area (Å²) in [4.78, 5) is 38.1. The summed E-state index contributed by atoms with van der Waals surface area (Å²) in [5.41, 5.74) is 1.61. The molecule has 26 heavy (non-hydrogen) atoms. The predicted octanol–water partition coefficient (Wildman–Crippen LogP) is 2.56. The molecule has 6 heteroatoms. The molecule has 0 spiro atoms. The van der Waals surface area contributed by atoms with Crippen LogP contribution in [0.5, 0.6) is 5.75 Å². The van der Waals surface area contributed by atoms with Gasteiger partial charge in [0.1, 0.15) is 12.3 Å².